The topological polar surface area (TPSA) is 84.9 Å². The summed E-state index contributed by atoms with van der Waals surface area (Å²) in [6.07, 6.45) is -1.06. The van der Waals surface area contributed by atoms with Crippen LogP contribution >= 0.6 is 0 Å². The van der Waals surface area contributed by atoms with Gasteiger partial charge in [-0.2, -0.15) is 0 Å². The Morgan fingerprint density at radius 1 is 1.23 bits per heavy atom. The summed E-state index contributed by atoms with van der Waals surface area (Å²) in [6.45, 7) is 6.07. The Morgan fingerprint density at radius 2 is 1.82 bits per heavy atom. The Morgan fingerprint density at radius 3 is 2.27 bits per heavy atom. The third kappa shape index (κ3) is 5.73. The fourth-order valence-electron chi connectivity index (χ4n) is 1.73. The lowest BCUT2D eigenvalue weighted by atomic mass is 9.87. The standard InChI is InChI=1S/C16H23NO5/c1-16(2,3)11-5-7-12(8-6-11)22-10-14(18)17-9-13(21-4)15(19)20/h5-8,13H,9-10H2,1-4H3,(H,17,18)(H,19,20). The first-order valence-corrected chi connectivity index (χ1v) is 6.99. The molecular weight excluding hydrogens is 286 g/mol. The normalized spacial score (nSPS) is 12.5. The maximum Gasteiger partial charge on any atom is 0.334 e. The van der Waals surface area contributed by atoms with Crippen LogP contribution in [0.4, 0.5) is 0 Å². The van der Waals surface area contributed by atoms with E-state index in [0.717, 1.165) is 0 Å². The summed E-state index contributed by atoms with van der Waals surface area (Å²) in [5, 5.41) is 11.2. The van der Waals surface area contributed by atoms with Gasteiger partial charge < -0.3 is 19.9 Å². The highest BCUT2D eigenvalue weighted by atomic mass is 16.5. The molecule has 1 unspecified atom stereocenters. The van der Waals surface area contributed by atoms with E-state index in [0.29, 0.717) is 5.75 Å². The molecule has 1 aromatic rings. The second-order valence-corrected chi connectivity index (χ2v) is 5.93. The lowest BCUT2D eigenvalue weighted by molar-refractivity contribution is -0.148. The molecule has 0 saturated carbocycles. The molecular formula is C16H23NO5. The average molecular weight is 309 g/mol. The van der Waals surface area contributed by atoms with E-state index in [1.54, 1.807) is 0 Å². The van der Waals surface area contributed by atoms with E-state index >= 15 is 0 Å². The van der Waals surface area contributed by atoms with Crippen molar-refractivity contribution in [2.75, 3.05) is 20.3 Å². The van der Waals surface area contributed by atoms with Crippen molar-refractivity contribution < 1.29 is 24.2 Å². The van der Waals surface area contributed by atoms with Crippen molar-refractivity contribution in [3.05, 3.63) is 29.8 Å². The van der Waals surface area contributed by atoms with E-state index in [4.69, 9.17) is 14.6 Å². The zero-order valence-corrected chi connectivity index (χ0v) is 13.4. The summed E-state index contributed by atoms with van der Waals surface area (Å²) >= 11 is 0. The molecule has 1 amide bonds. The van der Waals surface area contributed by atoms with E-state index in [9.17, 15) is 9.59 Å². The Hall–Kier alpha value is -2.08. The molecule has 2 N–H and O–H groups in total. The van der Waals surface area contributed by atoms with E-state index in [1.165, 1.54) is 12.7 Å². The number of methoxy groups -OCH3 is 1. The highest BCUT2D eigenvalue weighted by Crippen LogP contribution is 2.24. The van der Waals surface area contributed by atoms with E-state index in [2.05, 4.69) is 26.1 Å². The van der Waals surface area contributed by atoms with Gasteiger partial charge in [0.2, 0.25) is 0 Å². The largest absolute Gasteiger partial charge is 0.484 e. The minimum atomic E-state index is -1.12. The van der Waals surface area contributed by atoms with Crippen molar-refractivity contribution in [1.29, 1.82) is 0 Å². The molecule has 0 aliphatic rings. The first-order valence-electron chi connectivity index (χ1n) is 6.99. The SMILES string of the molecule is COC(CNC(=O)COc1ccc(C(C)(C)C)cc1)C(=O)O. The van der Waals surface area contributed by atoms with Gasteiger partial charge in [-0.1, -0.05) is 32.9 Å². The molecule has 1 atom stereocenters. The third-order valence-corrected chi connectivity index (χ3v) is 3.13. The van der Waals surface area contributed by atoms with Crippen molar-refractivity contribution in [3.8, 4) is 5.75 Å². The maximum atomic E-state index is 11.6. The number of carbonyl (C=O) groups is 2. The van der Waals surface area contributed by atoms with Gasteiger partial charge in [0.1, 0.15) is 5.75 Å². The molecule has 1 aromatic carbocycles. The van der Waals surface area contributed by atoms with Gasteiger partial charge in [0.15, 0.2) is 12.7 Å². The smallest absolute Gasteiger partial charge is 0.334 e. The average Bonchev–Trinajstić information content (AvgIpc) is 2.45. The van der Waals surface area contributed by atoms with Crippen molar-refractivity contribution in [1.82, 2.24) is 5.32 Å². The van der Waals surface area contributed by atoms with Crippen LogP contribution in [0.1, 0.15) is 26.3 Å². The third-order valence-electron chi connectivity index (χ3n) is 3.13. The molecule has 122 valence electrons. The summed E-state index contributed by atoms with van der Waals surface area (Å²) < 4.78 is 10.1. The fourth-order valence-corrected chi connectivity index (χ4v) is 1.73. The van der Waals surface area contributed by atoms with Crippen LogP contribution in [0.5, 0.6) is 5.75 Å². The summed E-state index contributed by atoms with van der Waals surface area (Å²) in [5.41, 5.74) is 1.23. The van der Waals surface area contributed by atoms with Crippen LogP contribution < -0.4 is 10.1 Å². The van der Waals surface area contributed by atoms with Crippen LogP contribution in [-0.2, 0) is 19.7 Å². The number of hydrogen-bond acceptors (Lipinski definition) is 4. The number of nitrogens with one attached hydrogen (secondary N) is 1. The first-order chi connectivity index (χ1) is 10.2. The maximum absolute atomic E-state index is 11.6. The number of benzene rings is 1. The number of aliphatic carboxylic acids is 1. The van der Waals surface area contributed by atoms with Gasteiger partial charge in [-0.3, -0.25) is 4.79 Å². The van der Waals surface area contributed by atoms with Gasteiger partial charge in [-0.15, -0.1) is 0 Å². The van der Waals surface area contributed by atoms with Crippen LogP contribution in [0.3, 0.4) is 0 Å². The molecule has 0 aliphatic heterocycles. The van der Waals surface area contributed by atoms with Crippen LogP contribution in [0.15, 0.2) is 24.3 Å². The molecule has 0 heterocycles. The second-order valence-electron chi connectivity index (χ2n) is 5.93. The lowest BCUT2D eigenvalue weighted by Crippen LogP contribution is -2.39. The highest BCUT2D eigenvalue weighted by molar-refractivity contribution is 5.79. The van der Waals surface area contributed by atoms with Gasteiger partial charge in [-0.25, -0.2) is 4.79 Å². The number of amides is 1. The van der Waals surface area contributed by atoms with Crippen molar-refractivity contribution >= 4 is 11.9 Å². The van der Waals surface area contributed by atoms with Crippen LogP contribution in [0.2, 0.25) is 0 Å². The molecule has 0 spiro atoms. The first kappa shape index (κ1) is 18.0. The summed E-state index contributed by atoms with van der Waals surface area (Å²) in [4.78, 5) is 22.3. The van der Waals surface area contributed by atoms with Gasteiger partial charge in [-0.05, 0) is 23.1 Å². The van der Waals surface area contributed by atoms with E-state index in [1.807, 2.05) is 24.3 Å². The minimum absolute atomic E-state index is 0.0574. The molecule has 1 rings (SSSR count). The number of hydrogen-bond donors (Lipinski definition) is 2. The van der Waals surface area contributed by atoms with Gasteiger partial charge >= 0.3 is 5.97 Å². The van der Waals surface area contributed by atoms with Crippen molar-refractivity contribution in [2.24, 2.45) is 0 Å². The molecule has 0 bridgehead atoms. The second kappa shape index (κ2) is 7.79. The zero-order chi connectivity index (χ0) is 16.8. The Bertz CT molecular complexity index is 504. The molecule has 0 fully saturated rings. The summed E-state index contributed by atoms with van der Waals surface area (Å²) in [6, 6.07) is 7.53. The monoisotopic (exact) mass is 309 g/mol. The summed E-state index contributed by atoms with van der Waals surface area (Å²) in [7, 11) is 1.28. The zero-order valence-electron chi connectivity index (χ0n) is 13.4. The van der Waals surface area contributed by atoms with Crippen molar-refractivity contribution in [2.45, 2.75) is 32.3 Å². The predicted octanol–water partition coefficient (Wildman–Crippen LogP) is 1.58. The predicted molar refractivity (Wildman–Crippen MR) is 82.1 cm³/mol. The molecule has 0 saturated heterocycles. The quantitative estimate of drug-likeness (QED) is 0.799. The number of carbonyl (C=O) groups excluding carboxylic acids is 1. The Kier molecular flexibility index (Phi) is 6.37. The summed E-state index contributed by atoms with van der Waals surface area (Å²) in [5.74, 6) is -0.936. The number of carboxylic acid groups (broad SMARTS) is 1. The van der Waals surface area contributed by atoms with Gasteiger partial charge in [0.05, 0.1) is 6.54 Å². The van der Waals surface area contributed by atoms with E-state index in [-0.39, 0.29) is 18.6 Å². The lowest BCUT2D eigenvalue weighted by Gasteiger charge is -2.19. The van der Waals surface area contributed by atoms with Gasteiger partial charge in [0.25, 0.3) is 5.91 Å². The molecule has 6 heteroatoms. The molecule has 6 nitrogen and oxygen atoms in total. The highest BCUT2D eigenvalue weighted by Gasteiger charge is 2.17. The molecule has 0 radical (unpaired) electrons. The minimum Gasteiger partial charge on any atom is -0.484 e. The van der Waals surface area contributed by atoms with E-state index < -0.39 is 18.0 Å². The molecule has 22 heavy (non-hydrogen) atoms. The number of rotatable bonds is 7. The number of ether oxygens (including phenoxy) is 2. The van der Waals surface area contributed by atoms with Crippen molar-refractivity contribution in [3.63, 3.8) is 0 Å². The molecule has 0 aromatic heterocycles. The Balaban J connectivity index is 2.43. The fraction of sp³-hybridized carbons (Fsp3) is 0.500. The van der Waals surface area contributed by atoms with Crippen LogP contribution in [0, 0.1) is 0 Å². The Labute approximate surface area is 130 Å². The molecule has 0 aliphatic carbocycles. The van der Waals surface area contributed by atoms with Crippen LogP contribution in [0.25, 0.3) is 0 Å². The van der Waals surface area contributed by atoms with Gasteiger partial charge in [0, 0.05) is 7.11 Å². The number of carboxylic acids is 1. The van der Waals surface area contributed by atoms with Crippen LogP contribution in [-0.4, -0.2) is 43.3 Å².